The molecule has 2 rings (SSSR count). The van der Waals surface area contributed by atoms with E-state index in [9.17, 15) is 9.18 Å². The van der Waals surface area contributed by atoms with E-state index in [1.54, 1.807) is 12.1 Å². The van der Waals surface area contributed by atoms with Gasteiger partial charge < -0.3 is 15.5 Å². The molecule has 0 saturated carbocycles. The molecule has 1 aliphatic heterocycles. The monoisotopic (exact) mass is 309 g/mol. The number of thiocarbonyl (C=S) groups is 1. The van der Waals surface area contributed by atoms with Crippen LogP contribution in [-0.4, -0.2) is 42.0 Å². The zero-order valence-corrected chi connectivity index (χ0v) is 12.9. The van der Waals surface area contributed by atoms with Crippen molar-refractivity contribution >= 4 is 28.8 Å². The van der Waals surface area contributed by atoms with E-state index < -0.39 is 0 Å². The van der Waals surface area contributed by atoms with Crippen LogP contribution in [0.5, 0.6) is 0 Å². The summed E-state index contributed by atoms with van der Waals surface area (Å²) >= 11 is 4.96. The minimum atomic E-state index is -0.364. The molecule has 0 aromatic heterocycles. The average Bonchev–Trinajstić information content (AvgIpc) is 2.48. The van der Waals surface area contributed by atoms with Crippen molar-refractivity contribution in [3.63, 3.8) is 0 Å². The fourth-order valence-corrected chi connectivity index (χ4v) is 2.82. The Morgan fingerprint density at radius 1 is 1.29 bits per heavy atom. The number of rotatable bonds is 4. The average molecular weight is 309 g/mol. The summed E-state index contributed by atoms with van der Waals surface area (Å²) in [5.74, 6) is -0.587. The number of benzene rings is 1. The zero-order valence-electron chi connectivity index (χ0n) is 12.1. The summed E-state index contributed by atoms with van der Waals surface area (Å²) in [5.41, 5.74) is 6.60. The highest BCUT2D eigenvalue weighted by Gasteiger charge is 2.28. The molecule has 114 valence electrons. The highest BCUT2D eigenvalue weighted by atomic mass is 32.1. The summed E-state index contributed by atoms with van der Waals surface area (Å²) < 4.78 is 12.9. The van der Waals surface area contributed by atoms with Gasteiger partial charge in [0.1, 0.15) is 5.82 Å². The van der Waals surface area contributed by atoms with Crippen molar-refractivity contribution < 1.29 is 9.18 Å². The summed E-state index contributed by atoms with van der Waals surface area (Å²) in [6.07, 6.45) is 0.631. The van der Waals surface area contributed by atoms with Gasteiger partial charge in [0.15, 0.2) is 0 Å². The van der Waals surface area contributed by atoms with E-state index in [0.29, 0.717) is 19.5 Å². The predicted molar refractivity (Wildman–Crippen MR) is 85.8 cm³/mol. The van der Waals surface area contributed by atoms with Crippen LogP contribution in [0, 0.1) is 11.7 Å². The number of nitrogens with zero attached hydrogens (tertiary/aromatic N) is 2. The molecule has 1 aromatic rings. The second-order valence-electron chi connectivity index (χ2n) is 5.15. The number of hydrogen-bond donors (Lipinski definition) is 1. The minimum absolute atomic E-state index is 0.0174. The van der Waals surface area contributed by atoms with E-state index in [1.807, 2.05) is 11.8 Å². The van der Waals surface area contributed by atoms with Crippen LogP contribution in [0.4, 0.5) is 10.1 Å². The summed E-state index contributed by atoms with van der Waals surface area (Å²) in [6, 6.07) is 6.42. The fraction of sp³-hybridized carbons (Fsp3) is 0.467. The maximum absolute atomic E-state index is 12.9. The number of nitrogens with two attached hydrogens (primary N) is 1. The van der Waals surface area contributed by atoms with E-state index >= 15 is 0 Å². The molecule has 1 unspecified atom stereocenters. The molecule has 1 atom stereocenters. The van der Waals surface area contributed by atoms with E-state index in [-0.39, 0.29) is 22.6 Å². The van der Waals surface area contributed by atoms with E-state index in [0.717, 1.165) is 18.8 Å². The third-order valence-corrected chi connectivity index (χ3v) is 4.12. The van der Waals surface area contributed by atoms with Crippen molar-refractivity contribution in [2.45, 2.75) is 13.3 Å². The number of anilines is 1. The molecule has 0 radical (unpaired) electrons. The normalized spacial score (nSPS) is 16.7. The second kappa shape index (κ2) is 6.85. The van der Waals surface area contributed by atoms with Gasteiger partial charge in [0.05, 0.1) is 10.9 Å². The van der Waals surface area contributed by atoms with Crippen LogP contribution >= 0.6 is 12.2 Å². The Bertz CT molecular complexity index is 512. The van der Waals surface area contributed by atoms with E-state index in [2.05, 4.69) is 4.90 Å². The van der Waals surface area contributed by atoms with Crippen LogP contribution in [0.2, 0.25) is 0 Å². The lowest BCUT2D eigenvalue weighted by atomic mass is 10.0. The number of piperazine rings is 1. The van der Waals surface area contributed by atoms with Crippen LogP contribution in [-0.2, 0) is 4.79 Å². The van der Waals surface area contributed by atoms with E-state index in [4.69, 9.17) is 18.0 Å². The Kier molecular flexibility index (Phi) is 5.12. The third-order valence-electron chi connectivity index (χ3n) is 3.83. The highest BCUT2D eigenvalue weighted by molar-refractivity contribution is 7.80. The van der Waals surface area contributed by atoms with Gasteiger partial charge in [-0.15, -0.1) is 0 Å². The van der Waals surface area contributed by atoms with Gasteiger partial charge in [0.25, 0.3) is 0 Å². The zero-order chi connectivity index (χ0) is 15.4. The first kappa shape index (κ1) is 15.7. The molecule has 6 heteroatoms. The van der Waals surface area contributed by atoms with Gasteiger partial charge in [0, 0.05) is 31.9 Å². The van der Waals surface area contributed by atoms with Crippen molar-refractivity contribution in [1.82, 2.24) is 4.90 Å². The predicted octanol–water partition coefficient (Wildman–Crippen LogP) is 1.79. The van der Waals surface area contributed by atoms with Crippen molar-refractivity contribution in [2.75, 3.05) is 31.1 Å². The molecular formula is C15H20FN3OS. The maximum atomic E-state index is 12.9. The van der Waals surface area contributed by atoms with Gasteiger partial charge in [0.2, 0.25) is 5.91 Å². The number of halogens is 1. The number of carbonyl (C=O) groups excluding carboxylic acids is 1. The highest BCUT2D eigenvalue weighted by Crippen LogP contribution is 2.18. The van der Waals surface area contributed by atoms with Crippen LogP contribution in [0.25, 0.3) is 0 Å². The van der Waals surface area contributed by atoms with Gasteiger partial charge in [-0.05, 0) is 30.7 Å². The Hall–Kier alpha value is -1.69. The summed E-state index contributed by atoms with van der Waals surface area (Å²) in [4.78, 5) is 16.6. The molecule has 21 heavy (non-hydrogen) atoms. The molecular weight excluding hydrogens is 289 g/mol. The van der Waals surface area contributed by atoms with E-state index in [1.165, 1.54) is 12.1 Å². The van der Waals surface area contributed by atoms with Crippen LogP contribution in [0.15, 0.2) is 24.3 Å². The molecule has 1 aliphatic rings. The number of amides is 1. The minimum Gasteiger partial charge on any atom is -0.393 e. The molecule has 0 bridgehead atoms. The Morgan fingerprint density at radius 3 is 2.33 bits per heavy atom. The number of hydrogen-bond acceptors (Lipinski definition) is 3. The largest absolute Gasteiger partial charge is 0.393 e. The summed E-state index contributed by atoms with van der Waals surface area (Å²) in [7, 11) is 0. The lowest BCUT2D eigenvalue weighted by Gasteiger charge is -2.37. The smallest absolute Gasteiger partial charge is 0.232 e. The topological polar surface area (TPSA) is 49.6 Å². The van der Waals surface area contributed by atoms with Gasteiger partial charge >= 0.3 is 0 Å². The van der Waals surface area contributed by atoms with Crippen LogP contribution in [0.3, 0.4) is 0 Å². The fourth-order valence-electron chi connectivity index (χ4n) is 2.55. The molecule has 1 saturated heterocycles. The molecule has 1 fully saturated rings. The molecule has 0 spiro atoms. The lowest BCUT2D eigenvalue weighted by molar-refractivity contribution is -0.133. The molecule has 4 nitrogen and oxygen atoms in total. The van der Waals surface area contributed by atoms with Crippen LogP contribution in [0.1, 0.15) is 13.3 Å². The lowest BCUT2D eigenvalue weighted by Crippen LogP contribution is -2.51. The van der Waals surface area contributed by atoms with Gasteiger partial charge in [-0.2, -0.15) is 0 Å². The standard InChI is InChI=1S/C15H20FN3OS/c1-2-13(14(17)21)15(20)19-9-7-18(8-10-19)12-5-3-11(16)4-6-12/h3-6,13H,2,7-10H2,1H3,(H2,17,21). The second-order valence-corrected chi connectivity index (χ2v) is 5.62. The molecule has 1 aromatic carbocycles. The Morgan fingerprint density at radius 2 is 1.86 bits per heavy atom. The molecule has 1 amide bonds. The van der Waals surface area contributed by atoms with Gasteiger partial charge in [-0.1, -0.05) is 19.1 Å². The first-order chi connectivity index (χ1) is 10.0. The van der Waals surface area contributed by atoms with Crippen LogP contribution < -0.4 is 10.6 Å². The molecule has 1 heterocycles. The molecule has 0 aliphatic carbocycles. The van der Waals surface area contributed by atoms with Gasteiger partial charge in [-0.25, -0.2) is 4.39 Å². The molecule has 2 N–H and O–H groups in total. The van der Waals surface area contributed by atoms with Crippen molar-refractivity contribution in [1.29, 1.82) is 0 Å². The Balaban J connectivity index is 1.95. The summed E-state index contributed by atoms with van der Waals surface area (Å²) in [6.45, 7) is 4.64. The first-order valence-corrected chi connectivity index (χ1v) is 7.52. The van der Waals surface area contributed by atoms with Crippen molar-refractivity contribution in [3.05, 3.63) is 30.1 Å². The third kappa shape index (κ3) is 3.69. The van der Waals surface area contributed by atoms with Gasteiger partial charge in [-0.3, -0.25) is 4.79 Å². The summed E-state index contributed by atoms with van der Waals surface area (Å²) in [5, 5.41) is 0. The Labute approximate surface area is 129 Å². The maximum Gasteiger partial charge on any atom is 0.232 e. The quantitative estimate of drug-likeness (QED) is 0.862. The number of carbonyl (C=O) groups is 1. The first-order valence-electron chi connectivity index (χ1n) is 7.11. The van der Waals surface area contributed by atoms with Crippen molar-refractivity contribution in [2.24, 2.45) is 11.7 Å². The van der Waals surface area contributed by atoms with Crippen molar-refractivity contribution in [3.8, 4) is 0 Å². The SMILES string of the molecule is CCC(C(=O)N1CCN(c2ccc(F)cc2)CC1)C(N)=S.